The van der Waals surface area contributed by atoms with E-state index >= 15 is 0 Å². The van der Waals surface area contributed by atoms with Gasteiger partial charge in [-0.15, -0.1) is 4.98 Å². The molecule has 0 aliphatic heterocycles. The van der Waals surface area contributed by atoms with Crippen molar-refractivity contribution < 1.29 is 28.5 Å². The van der Waals surface area contributed by atoms with Gasteiger partial charge in [-0.25, -0.2) is 0 Å². The molecule has 0 saturated carbocycles. The number of carbonyl (C=O) groups is 1. The minimum absolute atomic E-state index is 0.231. The highest BCUT2D eigenvalue weighted by Gasteiger charge is 2.06. The maximum absolute atomic E-state index is 10.9. The topological polar surface area (TPSA) is 102 Å². The van der Waals surface area contributed by atoms with Crippen LogP contribution in [0.3, 0.4) is 0 Å². The first-order valence-corrected chi connectivity index (χ1v) is 8.92. The van der Waals surface area contributed by atoms with E-state index in [-0.39, 0.29) is 24.6 Å². The van der Waals surface area contributed by atoms with Gasteiger partial charge in [-0.05, 0) is 6.42 Å². The van der Waals surface area contributed by atoms with Gasteiger partial charge >= 0.3 is 18.0 Å². The van der Waals surface area contributed by atoms with Gasteiger partial charge in [0.1, 0.15) is 12.4 Å². The minimum Gasteiger partial charge on any atom is -0.467 e. The molecule has 0 aliphatic rings. The molecule has 0 amide bonds. The van der Waals surface area contributed by atoms with E-state index in [1.54, 1.807) is 0 Å². The van der Waals surface area contributed by atoms with Crippen LogP contribution in [-0.4, -0.2) is 72.6 Å². The van der Waals surface area contributed by atoms with Gasteiger partial charge in [-0.3, -0.25) is 4.79 Å². The van der Waals surface area contributed by atoms with Crippen LogP contribution in [0, 0.1) is 0 Å². The Hall–Kier alpha value is -1.27. The van der Waals surface area contributed by atoms with Crippen LogP contribution in [0.4, 0.5) is 0 Å². The molecule has 136 valence electrons. The number of carbonyl (C=O) groups excluding carboxylic acids is 1. The first kappa shape index (κ1) is 20.8. The van der Waals surface area contributed by atoms with Crippen molar-refractivity contribution in [1.29, 1.82) is 0 Å². The van der Waals surface area contributed by atoms with E-state index in [4.69, 9.17) is 23.7 Å². The molecule has 0 fully saturated rings. The summed E-state index contributed by atoms with van der Waals surface area (Å²) < 4.78 is 25.9. The molecule has 0 N–H and O–H groups in total. The standard InChI is InChI=1S/C14H22IN3O6/c1-20-13-16-11(17-14(18-13)21-2)4-3-5-22-6-7-23-8-9-24-12(19)10-15/h3-10H2,1-2H3. The van der Waals surface area contributed by atoms with Crippen LogP contribution in [-0.2, 0) is 25.4 Å². The number of hydrogen-bond donors (Lipinski definition) is 0. The van der Waals surface area contributed by atoms with Gasteiger partial charge < -0.3 is 23.7 Å². The third-order valence-corrected chi connectivity index (χ3v) is 3.29. The summed E-state index contributed by atoms with van der Waals surface area (Å²) in [5.74, 6) is 0.359. The number of methoxy groups -OCH3 is 2. The summed E-state index contributed by atoms with van der Waals surface area (Å²) in [7, 11) is 2.98. The fourth-order valence-corrected chi connectivity index (χ4v) is 1.80. The van der Waals surface area contributed by atoms with Crippen molar-refractivity contribution in [2.45, 2.75) is 12.8 Å². The molecular weight excluding hydrogens is 433 g/mol. The van der Waals surface area contributed by atoms with Gasteiger partial charge in [0, 0.05) is 13.0 Å². The number of alkyl halides is 1. The molecule has 0 spiro atoms. The molecule has 0 bridgehead atoms. The number of ether oxygens (including phenoxy) is 5. The fourth-order valence-electron chi connectivity index (χ4n) is 1.58. The highest BCUT2D eigenvalue weighted by atomic mass is 127. The van der Waals surface area contributed by atoms with E-state index in [1.165, 1.54) is 14.2 Å². The van der Waals surface area contributed by atoms with Crippen LogP contribution in [0.2, 0.25) is 0 Å². The maximum atomic E-state index is 10.9. The monoisotopic (exact) mass is 455 g/mol. The molecule has 9 nitrogen and oxygen atoms in total. The highest BCUT2D eigenvalue weighted by molar-refractivity contribution is 14.1. The Kier molecular flexibility index (Phi) is 11.3. The van der Waals surface area contributed by atoms with Gasteiger partial charge in [0.15, 0.2) is 0 Å². The second kappa shape index (κ2) is 13.1. The average molecular weight is 455 g/mol. The summed E-state index contributed by atoms with van der Waals surface area (Å²) in [5, 5.41) is 0. The van der Waals surface area contributed by atoms with Crippen LogP contribution in [0.15, 0.2) is 0 Å². The third-order valence-electron chi connectivity index (χ3n) is 2.67. The lowest BCUT2D eigenvalue weighted by Gasteiger charge is -2.07. The molecule has 0 saturated heterocycles. The van der Waals surface area contributed by atoms with Crippen molar-refractivity contribution in [3.8, 4) is 12.0 Å². The third kappa shape index (κ3) is 9.13. The van der Waals surface area contributed by atoms with Crippen molar-refractivity contribution in [2.24, 2.45) is 0 Å². The normalized spacial score (nSPS) is 10.5. The molecule has 10 heteroatoms. The number of halogens is 1. The number of rotatable bonds is 13. The molecule has 1 aromatic rings. The smallest absolute Gasteiger partial charge is 0.322 e. The Labute approximate surface area is 154 Å². The van der Waals surface area contributed by atoms with E-state index < -0.39 is 0 Å². The Morgan fingerprint density at radius 3 is 2.08 bits per heavy atom. The molecule has 0 aliphatic carbocycles. The molecule has 0 unspecified atom stereocenters. The van der Waals surface area contributed by atoms with Crippen molar-refractivity contribution in [2.75, 3.05) is 51.7 Å². The lowest BCUT2D eigenvalue weighted by atomic mass is 10.3. The Morgan fingerprint density at radius 1 is 0.917 bits per heavy atom. The van der Waals surface area contributed by atoms with E-state index in [0.29, 0.717) is 43.1 Å². The molecule has 1 heterocycles. The summed E-state index contributed by atoms with van der Waals surface area (Å²) in [4.78, 5) is 23.1. The summed E-state index contributed by atoms with van der Waals surface area (Å²) in [6.45, 7) is 2.13. The van der Waals surface area contributed by atoms with Crippen molar-refractivity contribution >= 4 is 28.6 Å². The lowest BCUT2D eigenvalue weighted by molar-refractivity contribution is -0.141. The molecular formula is C14H22IN3O6. The molecule has 24 heavy (non-hydrogen) atoms. The average Bonchev–Trinajstić information content (AvgIpc) is 2.62. The van der Waals surface area contributed by atoms with Gasteiger partial charge in [0.25, 0.3) is 0 Å². The maximum Gasteiger partial charge on any atom is 0.322 e. The van der Waals surface area contributed by atoms with E-state index in [1.807, 2.05) is 22.6 Å². The number of hydrogen-bond acceptors (Lipinski definition) is 9. The number of aryl methyl sites for hydroxylation is 1. The molecule has 1 aromatic heterocycles. The number of nitrogens with zero attached hydrogens (tertiary/aromatic N) is 3. The second-order valence-corrected chi connectivity index (χ2v) is 5.17. The molecule has 1 rings (SSSR count). The van der Waals surface area contributed by atoms with Gasteiger partial charge in [0.05, 0.1) is 38.5 Å². The SMILES string of the molecule is COc1nc(CCCOCCOCCOC(=O)CI)nc(OC)n1. The largest absolute Gasteiger partial charge is 0.467 e. The predicted octanol–water partition coefficient (Wildman–Crippen LogP) is 0.833. The summed E-state index contributed by atoms with van der Waals surface area (Å²) in [5.41, 5.74) is 0. The van der Waals surface area contributed by atoms with Crippen LogP contribution >= 0.6 is 22.6 Å². The Bertz CT molecular complexity index is 469. The highest BCUT2D eigenvalue weighted by Crippen LogP contribution is 2.09. The summed E-state index contributed by atoms with van der Waals surface area (Å²) in [6, 6.07) is 0.462. The Balaban J connectivity index is 2.05. The van der Waals surface area contributed by atoms with Crippen molar-refractivity contribution in [3.63, 3.8) is 0 Å². The zero-order chi connectivity index (χ0) is 17.6. The first-order chi connectivity index (χ1) is 11.7. The van der Waals surface area contributed by atoms with Gasteiger partial charge in [-0.1, -0.05) is 22.6 Å². The molecule has 0 aromatic carbocycles. The van der Waals surface area contributed by atoms with E-state index in [9.17, 15) is 4.79 Å². The van der Waals surface area contributed by atoms with Crippen LogP contribution in [0.5, 0.6) is 12.0 Å². The molecule has 0 atom stereocenters. The number of esters is 1. The van der Waals surface area contributed by atoms with Crippen molar-refractivity contribution in [1.82, 2.24) is 15.0 Å². The Morgan fingerprint density at radius 2 is 1.50 bits per heavy atom. The second-order valence-electron chi connectivity index (χ2n) is 4.41. The van der Waals surface area contributed by atoms with E-state index in [0.717, 1.165) is 6.42 Å². The van der Waals surface area contributed by atoms with Gasteiger partial charge in [-0.2, -0.15) is 9.97 Å². The zero-order valence-corrected chi connectivity index (χ0v) is 16.0. The first-order valence-electron chi connectivity index (χ1n) is 7.39. The van der Waals surface area contributed by atoms with E-state index in [2.05, 4.69) is 15.0 Å². The number of aromatic nitrogens is 3. The lowest BCUT2D eigenvalue weighted by Crippen LogP contribution is -2.13. The molecule has 0 radical (unpaired) electrons. The minimum atomic E-state index is -0.234. The van der Waals surface area contributed by atoms with Crippen molar-refractivity contribution in [3.05, 3.63) is 5.82 Å². The fraction of sp³-hybridized carbons (Fsp3) is 0.714. The van der Waals surface area contributed by atoms with Crippen LogP contribution < -0.4 is 9.47 Å². The van der Waals surface area contributed by atoms with Crippen LogP contribution in [0.1, 0.15) is 12.2 Å². The summed E-state index contributed by atoms with van der Waals surface area (Å²) in [6.07, 6.45) is 1.38. The van der Waals surface area contributed by atoms with Gasteiger partial charge in [0.2, 0.25) is 0 Å². The zero-order valence-electron chi connectivity index (χ0n) is 13.8. The summed E-state index contributed by atoms with van der Waals surface area (Å²) >= 11 is 1.95. The van der Waals surface area contributed by atoms with Crippen LogP contribution in [0.25, 0.3) is 0 Å². The predicted molar refractivity (Wildman–Crippen MR) is 92.7 cm³/mol. The quantitative estimate of drug-likeness (QED) is 0.185.